The van der Waals surface area contributed by atoms with Crippen LogP contribution in [0.15, 0.2) is 152 Å². The highest BCUT2D eigenvalue weighted by Crippen LogP contribution is 2.49. The Morgan fingerprint density at radius 3 is 1.57 bits per heavy atom. The van der Waals surface area contributed by atoms with E-state index in [2.05, 4.69) is 51.8 Å². The second-order valence-corrected chi connectivity index (χ2v) is 15.3. The molecule has 7 rings (SSSR count). The van der Waals surface area contributed by atoms with Gasteiger partial charge in [0.2, 0.25) is 0 Å². The zero-order valence-electron chi connectivity index (χ0n) is 31.7. The first kappa shape index (κ1) is 40.3. The van der Waals surface area contributed by atoms with Crippen LogP contribution in [0.2, 0.25) is 0 Å². The number of likely N-dealkylation sites (tertiary alicyclic amines) is 1. The number of carbonyl (C=O) groups excluding carboxylic acids is 1. The normalized spacial score (nSPS) is 25.0. The largest absolute Gasteiger partial charge is 0.468 e. The van der Waals surface area contributed by atoms with Crippen LogP contribution in [0.4, 0.5) is 0 Å². The van der Waals surface area contributed by atoms with Gasteiger partial charge >= 0.3 is 5.97 Å². The Hall–Kier alpha value is -3.94. The Morgan fingerprint density at radius 2 is 1.09 bits per heavy atom. The minimum Gasteiger partial charge on any atom is -0.468 e. The summed E-state index contributed by atoms with van der Waals surface area (Å²) < 4.78 is 41.5. The predicted octanol–water partition coefficient (Wildman–Crippen LogP) is 8.35. The van der Waals surface area contributed by atoms with Crippen LogP contribution in [0.5, 0.6) is 0 Å². The van der Waals surface area contributed by atoms with E-state index >= 15 is 0 Å². The van der Waals surface area contributed by atoms with E-state index in [-0.39, 0.29) is 25.2 Å². The van der Waals surface area contributed by atoms with E-state index in [1.54, 1.807) is 0 Å². The van der Waals surface area contributed by atoms with Gasteiger partial charge in [0.25, 0.3) is 0 Å². The Morgan fingerprint density at radius 1 is 0.643 bits per heavy atom. The van der Waals surface area contributed by atoms with Crippen molar-refractivity contribution in [2.24, 2.45) is 0 Å². The van der Waals surface area contributed by atoms with Crippen LogP contribution in [-0.4, -0.2) is 71.1 Å². The number of rotatable bonds is 17. The topological polar surface area (TPSA) is 75.7 Å². The number of benzene rings is 5. The molecule has 2 aliphatic heterocycles. The Bertz CT molecular complexity index is 1910. The van der Waals surface area contributed by atoms with Crippen molar-refractivity contribution < 1.29 is 33.2 Å². The van der Waals surface area contributed by atoms with Gasteiger partial charge in [-0.05, 0) is 34.2 Å². The molecule has 5 aromatic carbocycles. The minimum atomic E-state index is -1.19. The van der Waals surface area contributed by atoms with Crippen LogP contribution in [0.1, 0.15) is 34.2 Å². The standard InChI is InChI=1S/C47H50INO7/c1-51-46(50)44-47(27-40(28-48)49(44)29-35-17-7-2-8-18-35)45(55-33-39-25-15-6-16-26-39)43(54-32-38-23-13-5-14-24-38)42(53-31-37-21-11-4-12-22-37)41(56-47)34-52-30-36-19-9-3-10-20-36/h2-26,40-45H,27-34H2,1H3/t40?,41?,42-,43+,44-,45?,47-/m0/s1. The summed E-state index contributed by atoms with van der Waals surface area (Å²) in [5, 5.41) is 0. The predicted molar refractivity (Wildman–Crippen MR) is 224 cm³/mol. The molecule has 8 nitrogen and oxygen atoms in total. The molecule has 1 spiro atoms. The molecular formula is C47H50INO7. The first-order valence-corrected chi connectivity index (χ1v) is 20.8. The van der Waals surface area contributed by atoms with Crippen molar-refractivity contribution in [3.8, 4) is 0 Å². The molecule has 0 radical (unpaired) electrons. The van der Waals surface area contributed by atoms with E-state index in [0.717, 1.165) is 32.2 Å². The second-order valence-electron chi connectivity index (χ2n) is 14.4. The molecule has 0 aromatic heterocycles. The third-order valence-corrected chi connectivity index (χ3v) is 11.7. The number of nitrogens with zero attached hydrogens (tertiary/aromatic N) is 1. The number of halogens is 1. The molecule has 2 saturated heterocycles. The molecule has 2 heterocycles. The van der Waals surface area contributed by atoms with Crippen molar-refractivity contribution in [3.63, 3.8) is 0 Å². The summed E-state index contributed by atoms with van der Waals surface area (Å²) in [6, 6.07) is 49.8. The maximum Gasteiger partial charge on any atom is 0.326 e. The highest BCUT2D eigenvalue weighted by molar-refractivity contribution is 14.1. The molecule has 5 aromatic rings. The van der Waals surface area contributed by atoms with Gasteiger partial charge in [0.1, 0.15) is 36.1 Å². The molecule has 292 valence electrons. The summed E-state index contributed by atoms with van der Waals surface area (Å²) >= 11 is 2.43. The van der Waals surface area contributed by atoms with Crippen LogP contribution in [0, 0.1) is 0 Å². The summed E-state index contributed by atoms with van der Waals surface area (Å²) in [4.78, 5) is 16.7. The SMILES string of the molecule is COC(=O)[C@@H]1N(Cc2ccccc2)C(CI)C[C@]12OC(COCc1ccccc1)[C@H](OCc1ccccc1)[C@@H](OCc1ccccc1)C2OCc1ccccc1. The van der Waals surface area contributed by atoms with Crippen LogP contribution in [0.25, 0.3) is 0 Å². The fourth-order valence-corrected chi connectivity index (χ4v) is 8.88. The quantitative estimate of drug-likeness (QED) is 0.0525. The number of esters is 1. The van der Waals surface area contributed by atoms with Gasteiger partial charge in [0.15, 0.2) is 0 Å². The lowest BCUT2D eigenvalue weighted by Gasteiger charge is -2.53. The highest BCUT2D eigenvalue weighted by Gasteiger charge is 2.67. The van der Waals surface area contributed by atoms with E-state index in [1.165, 1.54) is 7.11 Å². The van der Waals surface area contributed by atoms with Gasteiger partial charge < -0.3 is 28.4 Å². The smallest absolute Gasteiger partial charge is 0.326 e. The maximum absolute atomic E-state index is 14.4. The Labute approximate surface area is 344 Å². The fourth-order valence-electron chi connectivity index (χ4n) is 8.07. The van der Waals surface area contributed by atoms with E-state index < -0.39 is 36.1 Å². The average Bonchev–Trinajstić information content (AvgIpc) is 3.56. The third-order valence-electron chi connectivity index (χ3n) is 10.7. The van der Waals surface area contributed by atoms with Crippen molar-refractivity contribution in [3.05, 3.63) is 179 Å². The van der Waals surface area contributed by atoms with E-state index in [0.29, 0.717) is 32.8 Å². The molecule has 0 N–H and O–H groups in total. The van der Waals surface area contributed by atoms with Crippen molar-refractivity contribution in [1.82, 2.24) is 4.90 Å². The number of alkyl halides is 1. The first-order chi connectivity index (χ1) is 27.6. The van der Waals surface area contributed by atoms with Gasteiger partial charge in [0.05, 0.1) is 40.1 Å². The van der Waals surface area contributed by atoms with E-state index in [4.69, 9.17) is 28.4 Å². The first-order valence-electron chi connectivity index (χ1n) is 19.3. The second kappa shape index (κ2) is 20.0. The molecule has 56 heavy (non-hydrogen) atoms. The van der Waals surface area contributed by atoms with Gasteiger partial charge in [-0.25, -0.2) is 0 Å². The lowest BCUT2D eigenvalue weighted by Crippen LogP contribution is -2.71. The summed E-state index contributed by atoms with van der Waals surface area (Å²) in [7, 11) is 1.45. The molecule has 0 aliphatic carbocycles. The molecule has 0 saturated carbocycles. The van der Waals surface area contributed by atoms with Crippen LogP contribution < -0.4 is 0 Å². The number of hydrogen-bond acceptors (Lipinski definition) is 8. The molecule has 7 atom stereocenters. The summed E-state index contributed by atoms with van der Waals surface area (Å²) in [5.41, 5.74) is 3.98. The van der Waals surface area contributed by atoms with Crippen molar-refractivity contribution in [2.45, 2.75) is 81.5 Å². The molecule has 0 amide bonds. The number of carbonyl (C=O) groups is 1. The molecule has 9 heteroatoms. The number of methoxy groups -OCH3 is 1. The lowest BCUT2D eigenvalue weighted by atomic mass is 9.78. The average molecular weight is 868 g/mol. The van der Waals surface area contributed by atoms with Gasteiger partial charge in [-0.15, -0.1) is 0 Å². The zero-order valence-corrected chi connectivity index (χ0v) is 33.9. The van der Waals surface area contributed by atoms with Crippen LogP contribution in [-0.2, 0) is 66.2 Å². The zero-order chi connectivity index (χ0) is 38.6. The monoisotopic (exact) mass is 867 g/mol. The summed E-state index contributed by atoms with van der Waals surface area (Å²) in [6.07, 6.45) is -2.15. The Balaban J connectivity index is 1.33. The van der Waals surface area contributed by atoms with Gasteiger partial charge in [0, 0.05) is 17.0 Å². The maximum atomic E-state index is 14.4. The highest BCUT2D eigenvalue weighted by atomic mass is 127. The van der Waals surface area contributed by atoms with E-state index in [1.807, 2.05) is 127 Å². The van der Waals surface area contributed by atoms with Gasteiger partial charge in [-0.3, -0.25) is 9.69 Å². The minimum absolute atomic E-state index is 0.0369. The fraction of sp³-hybridized carbons (Fsp3) is 0.340. The number of ether oxygens (including phenoxy) is 6. The molecule has 3 unspecified atom stereocenters. The summed E-state index contributed by atoms with van der Waals surface area (Å²) in [6.45, 7) is 2.04. The molecule has 2 aliphatic rings. The van der Waals surface area contributed by atoms with Gasteiger partial charge in [-0.2, -0.15) is 0 Å². The molecule has 2 fully saturated rings. The number of hydrogen-bond donors (Lipinski definition) is 0. The molecular weight excluding hydrogens is 817 g/mol. The van der Waals surface area contributed by atoms with E-state index in [9.17, 15) is 4.79 Å². The van der Waals surface area contributed by atoms with Crippen LogP contribution >= 0.6 is 22.6 Å². The van der Waals surface area contributed by atoms with Crippen LogP contribution in [0.3, 0.4) is 0 Å². The van der Waals surface area contributed by atoms with Gasteiger partial charge in [-0.1, -0.05) is 174 Å². The van der Waals surface area contributed by atoms with Crippen molar-refractivity contribution in [2.75, 3.05) is 18.1 Å². The summed E-state index contributed by atoms with van der Waals surface area (Å²) in [5.74, 6) is -0.379. The van der Waals surface area contributed by atoms with Crippen molar-refractivity contribution >= 4 is 28.6 Å². The molecule has 0 bridgehead atoms. The lowest BCUT2D eigenvalue weighted by molar-refractivity contribution is -0.312. The Kier molecular flexibility index (Phi) is 14.4. The third kappa shape index (κ3) is 9.77. The van der Waals surface area contributed by atoms with Crippen molar-refractivity contribution in [1.29, 1.82) is 0 Å².